The van der Waals surface area contributed by atoms with Gasteiger partial charge in [0.15, 0.2) is 0 Å². The van der Waals surface area contributed by atoms with E-state index in [4.69, 9.17) is 15.3 Å². The minimum atomic E-state index is -0.860. The maximum atomic E-state index is 11.1. The number of methoxy groups -OCH3 is 1. The predicted molar refractivity (Wildman–Crippen MR) is 92.7 cm³/mol. The van der Waals surface area contributed by atoms with Gasteiger partial charge in [0.1, 0.15) is 11.5 Å². The van der Waals surface area contributed by atoms with E-state index in [1.807, 2.05) is 0 Å². The smallest absolute Gasteiger partial charge is 0.312 e. The summed E-state index contributed by atoms with van der Waals surface area (Å²) in [6.45, 7) is 3.37. The molecule has 0 radical (unpaired) electrons. The van der Waals surface area contributed by atoms with Gasteiger partial charge in [-0.05, 0) is 49.2 Å². The third kappa shape index (κ3) is 6.18. The molecule has 0 heterocycles. The van der Waals surface area contributed by atoms with Crippen LogP contribution < -0.4 is 0 Å². The molecule has 2 unspecified atom stereocenters. The van der Waals surface area contributed by atoms with Crippen LogP contribution in [0.4, 0.5) is 0 Å². The Morgan fingerprint density at radius 3 is 1.48 bits per heavy atom. The first-order valence-electron chi connectivity index (χ1n) is 7.64. The molecule has 2 aromatic carbocycles. The number of benzene rings is 2. The lowest BCUT2D eigenvalue weighted by Gasteiger charge is -2.08. The molecule has 2 rings (SSSR count). The maximum absolute atomic E-state index is 11.1. The molecular formula is C19H22O6. The predicted octanol–water partition coefficient (Wildman–Crippen LogP) is 3.25. The first-order chi connectivity index (χ1) is 11.8. The van der Waals surface area contributed by atoms with Crippen molar-refractivity contribution in [3.8, 4) is 11.5 Å². The molecule has 2 atom stereocenters. The minimum Gasteiger partial charge on any atom is -0.508 e. The lowest BCUT2D eigenvalue weighted by Crippen LogP contribution is -2.10. The summed E-state index contributed by atoms with van der Waals surface area (Å²) < 4.78 is 4.60. The van der Waals surface area contributed by atoms with E-state index in [9.17, 15) is 9.59 Å². The summed E-state index contributed by atoms with van der Waals surface area (Å²) in [4.78, 5) is 21.6. The number of esters is 1. The molecule has 3 N–H and O–H groups in total. The second kappa shape index (κ2) is 9.32. The number of hydrogen-bond acceptors (Lipinski definition) is 5. The number of carboxylic acid groups (broad SMARTS) is 1. The molecule has 25 heavy (non-hydrogen) atoms. The van der Waals surface area contributed by atoms with E-state index in [-0.39, 0.29) is 23.4 Å². The lowest BCUT2D eigenvalue weighted by molar-refractivity contribution is -0.142. The van der Waals surface area contributed by atoms with E-state index in [1.54, 1.807) is 50.2 Å². The third-order valence-corrected chi connectivity index (χ3v) is 3.71. The fraction of sp³-hybridized carbons (Fsp3) is 0.263. The van der Waals surface area contributed by atoms with Crippen molar-refractivity contribution in [1.29, 1.82) is 0 Å². The number of ether oxygens (including phenoxy) is 1. The van der Waals surface area contributed by atoms with Crippen LogP contribution in [0.25, 0.3) is 0 Å². The van der Waals surface area contributed by atoms with E-state index in [0.717, 1.165) is 5.56 Å². The summed E-state index contributed by atoms with van der Waals surface area (Å²) in [7, 11) is 1.36. The van der Waals surface area contributed by atoms with Crippen LogP contribution >= 0.6 is 0 Å². The van der Waals surface area contributed by atoms with Crippen LogP contribution in [0, 0.1) is 0 Å². The van der Waals surface area contributed by atoms with Crippen LogP contribution in [0.2, 0.25) is 0 Å². The third-order valence-electron chi connectivity index (χ3n) is 3.71. The van der Waals surface area contributed by atoms with E-state index in [0.29, 0.717) is 5.56 Å². The number of aromatic hydroxyl groups is 2. The van der Waals surface area contributed by atoms with Crippen LogP contribution in [0.15, 0.2) is 48.5 Å². The highest BCUT2D eigenvalue weighted by Crippen LogP contribution is 2.19. The molecule has 0 aliphatic rings. The Morgan fingerprint density at radius 2 is 1.16 bits per heavy atom. The summed E-state index contributed by atoms with van der Waals surface area (Å²) in [5.41, 5.74) is 1.53. The van der Waals surface area contributed by atoms with Crippen LogP contribution in [0.3, 0.4) is 0 Å². The molecule has 0 amide bonds. The molecule has 0 aromatic heterocycles. The molecule has 0 fully saturated rings. The van der Waals surface area contributed by atoms with Crippen LogP contribution in [-0.2, 0) is 14.3 Å². The zero-order valence-electron chi connectivity index (χ0n) is 14.3. The van der Waals surface area contributed by atoms with E-state index in [1.165, 1.54) is 19.2 Å². The van der Waals surface area contributed by atoms with Gasteiger partial charge < -0.3 is 20.1 Å². The van der Waals surface area contributed by atoms with Crippen molar-refractivity contribution in [2.24, 2.45) is 0 Å². The number of aliphatic carboxylic acids is 1. The molecule has 0 spiro atoms. The van der Waals surface area contributed by atoms with Crippen molar-refractivity contribution in [3.05, 3.63) is 59.7 Å². The highest BCUT2D eigenvalue weighted by atomic mass is 16.5. The normalized spacial score (nSPS) is 12.3. The Hall–Kier alpha value is -3.02. The molecule has 6 nitrogen and oxygen atoms in total. The second-order valence-electron chi connectivity index (χ2n) is 5.49. The molecule has 0 saturated carbocycles. The summed E-state index contributed by atoms with van der Waals surface area (Å²) in [6.07, 6.45) is 0. The zero-order valence-corrected chi connectivity index (χ0v) is 14.3. The molecule has 0 aliphatic heterocycles. The summed E-state index contributed by atoms with van der Waals surface area (Å²) >= 11 is 0. The van der Waals surface area contributed by atoms with Gasteiger partial charge in [0.2, 0.25) is 0 Å². The standard InChI is InChI=1S/C10H12O3.C9H10O3/c1-7(10(12)13-2)8-3-5-9(11)6-4-8;1-6(9(11)12)7-2-4-8(10)5-3-7/h3-7,11H,1-2H3;2-6,10H,1H3,(H,11,12). The van der Waals surface area contributed by atoms with Crippen molar-refractivity contribution >= 4 is 11.9 Å². The fourth-order valence-corrected chi connectivity index (χ4v) is 1.98. The molecule has 0 saturated heterocycles. The first kappa shape index (κ1) is 20.0. The highest BCUT2D eigenvalue weighted by molar-refractivity contribution is 5.77. The van der Waals surface area contributed by atoms with Gasteiger partial charge in [0, 0.05) is 0 Å². The van der Waals surface area contributed by atoms with Gasteiger partial charge in [-0.1, -0.05) is 24.3 Å². The van der Waals surface area contributed by atoms with E-state index >= 15 is 0 Å². The average molecular weight is 346 g/mol. The van der Waals surface area contributed by atoms with E-state index < -0.39 is 11.9 Å². The van der Waals surface area contributed by atoms with Crippen molar-refractivity contribution in [3.63, 3.8) is 0 Å². The number of phenolic OH excluding ortho intramolecular Hbond substituents is 2. The van der Waals surface area contributed by atoms with Crippen molar-refractivity contribution in [2.45, 2.75) is 25.7 Å². The van der Waals surface area contributed by atoms with Gasteiger partial charge in [-0.15, -0.1) is 0 Å². The van der Waals surface area contributed by atoms with Crippen LogP contribution in [-0.4, -0.2) is 34.4 Å². The summed E-state index contributed by atoms with van der Waals surface area (Å²) in [5, 5.41) is 26.6. The Labute approximate surface area is 146 Å². The van der Waals surface area contributed by atoms with Gasteiger partial charge >= 0.3 is 11.9 Å². The van der Waals surface area contributed by atoms with Crippen LogP contribution in [0.1, 0.15) is 36.8 Å². The van der Waals surface area contributed by atoms with Crippen molar-refractivity contribution in [1.82, 2.24) is 0 Å². The number of carbonyl (C=O) groups is 2. The minimum absolute atomic E-state index is 0.149. The molecule has 2 aromatic rings. The van der Waals surface area contributed by atoms with Gasteiger partial charge in [-0.2, -0.15) is 0 Å². The monoisotopic (exact) mass is 346 g/mol. The maximum Gasteiger partial charge on any atom is 0.312 e. The Morgan fingerprint density at radius 1 is 0.800 bits per heavy atom. The molecular weight excluding hydrogens is 324 g/mol. The first-order valence-corrected chi connectivity index (χ1v) is 7.64. The van der Waals surface area contributed by atoms with Crippen molar-refractivity contribution in [2.75, 3.05) is 7.11 Å². The molecule has 6 heteroatoms. The highest BCUT2D eigenvalue weighted by Gasteiger charge is 2.14. The Bertz CT molecular complexity index is 691. The number of hydrogen-bond donors (Lipinski definition) is 3. The van der Waals surface area contributed by atoms with Crippen molar-refractivity contribution < 1.29 is 29.6 Å². The number of rotatable bonds is 4. The molecule has 134 valence electrons. The Kier molecular flexibility index (Phi) is 7.46. The van der Waals surface area contributed by atoms with E-state index in [2.05, 4.69) is 4.74 Å². The zero-order chi connectivity index (χ0) is 19.0. The van der Waals surface area contributed by atoms with Crippen LogP contribution in [0.5, 0.6) is 11.5 Å². The summed E-state index contributed by atoms with van der Waals surface area (Å²) in [6, 6.07) is 12.7. The summed E-state index contributed by atoms with van der Waals surface area (Å²) in [5.74, 6) is -1.60. The lowest BCUT2D eigenvalue weighted by atomic mass is 10.0. The SMILES string of the molecule is CC(C(=O)O)c1ccc(O)cc1.COC(=O)C(C)c1ccc(O)cc1. The fourth-order valence-electron chi connectivity index (χ4n) is 1.98. The van der Waals surface area contributed by atoms with Gasteiger partial charge in [-0.3, -0.25) is 9.59 Å². The van der Waals surface area contributed by atoms with Gasteiger partial charge in [0.25, 0.3) is 0 Å². The molecule has 0 bridgehead atoms. The Balaban J connectivity index is 0.000000251. The largest absolute Gasteiger partial charge is 0.508 e. The average Bonchev–Trinajstić information content (AvgIpc) is 2.61. The number of carbonyl (C=O) groups excluding carboxylic acids is 1. The quantitative estimate of drug-likeness (QED) is 0.734. The number of phenols is 2. The molecule has 0 aliphatic carbocycles. The number of carboxylic acids is 1. The second-order valence-corrected chi connectivity index (χ2v) is 5.49. The van der Waals surface area contributed by atoms with Gasteiger partial charge in [-0.25, -0.2) is 0 Å². The van der Waals surface area contributed by atoms with Gasteiger partial charge in [0.05, 0.1) is 18.9 Å². The topological polar surface area (TPSA) is 104 Å².